The standard InChI is InChI=1S/C20H23FN2O2.ClH/c1-25-17-8-6-16(7-9-17)20(24)10-11-22-12-14-23(15-13-22)19-5-3-2-4-18(19)21;/h2-9H,10-15H2,1H3;1H/p-1. The predicted molar refractivity (Wildman–Crippen MR) is 97.0 cm³/mol. The molecule has 1 heterocycles. The van der Waals surface area contributed by atoms with E-state index in [1.807, 2.05) is 12.1 Å². The van der Waals surface area contributed by atoms with E-state index in [1.165, 1.54) is 6.07 Å². The van der Waals surface area contributed by atoms with E-state index < -0.39 is 0 Å². The Balaban J connectivity index is 0.00000243. The maximum absolute atomic E-state index is 13.9. The van der Waals surface area contributed by atoms with E-state index in [0.717, 1.165) is 38.5 Å². The Morgan fingerprint density at radius 1 is 1.04 bits per heavy atom. The molecule has 0 spiro atoms. The van der Waals surface area contributed by atoms with Crippen molar-refractivity contribution in [2.45, 2.75) is 6.42 Å². The number of anilines is 1. The molecule has 0 saturated carbocycles. The lowest BCUT2D eigenvalue weighted by atomic mass is 10.1. The summed E-state index contributed by atoms with van der Waals surface area (Å²) in [6.45, 7) is 3.96. The van der Waals surface area contributed by atoms with Crippen LogP contribution >= 0.6 is 0 Å². The summed E-state index contributed by atoms with van der Waals surface area (Å²) in [6, 6.07) is 14.1. The summed E-state index contributed by atoms with van der Waals surface area (Å²) in [6.07, 6.45) is 0.492. The fraction of sp³-hybridized carbons (Fsp3) is 0.350. The Morgan fingerprint density at radius 2 is 1.69 bits per heavy atom. The lowest BCUT2D eigenvalue weighted by Crippen LogP contribution is -3.00. The first-order valence-corrected chi connectivity index (χ1v) is 8.56. The summed E-state index contributed by atoms with van der Waals surface area (Å²) in [5.41, 5.74) is 1.38. The summed E-state index contributed by atoms with van der Waals surface area (Å²) < 4.78 is 19.0. The highest BCUT2D eigenvalue weighted by Crippen LogP contribution is 2.20. The largest absolute Gasteiger partial charge is 1.00 e. The Labute approximate surface area is 160 Å². The van der Waals surface area contributed by atoms with Crippen LogP contribution in [-0.2, 0) is 0 Å². The van der Waals surface area contributed by atoms with Crippen molar-refractivity contribution >= 4 is 11.5 Å². The quantitative estimate of drug-likeness (QED) is 0.675. The molecule has 1 aliphatic rings. The molecule has 1 aliphatic heterocycles. The van der Waals surface area contributed by atoms with E-state index in [2.05, 4.69) is 9.80 Å². The number of methoxy groups -OCH3 is 1. The van der Waals surface area contributed by atoms with Crippen LogP contribution in [0.15, 0.2) is 48.5 Å². The van der Waals surface area contributed by atoms with Gasteiger partial charge in [0.15, 0.2) is 5.78 Å². The van der Waals surface area contributed by atoms with Gasteiger partial charge in [-0.1, -0.05) is 12.1 Å². The molecule has 2 aromatic carbocycles. The molecule has 0 N–H and O–H groups in total. The molecule has 0 unspecified atom stereocenters. The summed E-state index contributed by atoms with van der Waals surface area (Å²) in [5, 5.41) is 0. The average molecular weight is 378 g/mol. The number of nitrogens with zero attached hydrogens (tertiary/aromatic N) is 2. The van der Waals surface area contributed by atoms with Crippen LogP contribution in [0.4, 0.5) is 10.1 Å². The van der Waals surface area contributed by atoms with Crippen LogP contribution in [0.25, 0.3) is 0 Å². The van der Waals surface area contributed by atoms with Crippen LogP contribution in [0.2, 0.25) is 0 Å². The van der Waals surface area contributed by atoms with E-state index in [-0.39, 0.29) is 24.0 Å². The van der Waals surface area contributed by atoms with Crippen molar-refractivity contribution in [3.63, 3.8) is 0 Å². The topological polar surface area (TPSA) is 32.8 Å². The number of hydrogen-bond donors (Lipinski definition) is 0. The molecule has 0 aromatic heterocycles. The van der Waals surface area contributed by atoms with Gasteiger partial charge in [-0.05, 0) is 36.4 Å². The van der Waals surface area contributed by atoms with Crippen LogP contribution in [-0.4, -0.2) is 50.5 Å². The fourth-order valence-electron chi connectivity index (χ4n) is 3.10. The first kappa shape index (κ1) is 20.2. The summed E-state index contributed by atoms with van der Waals surface area (Å²) in [5.74, 6) is 0.714. The number of halogens is 2. The minimum atomic E-state index is -0.175. The van der Waals surface area contributed by atoms with Crippen LogP contribution < -0.4 is 22.0 Å². The molecule has 0 bridgehead atoms. The number of para-hydroxylation sites is 1. The molecule has 26 heavy (non-hydrogen) atoms. The van der Waals surface area contributed by atoms with E-state index >= 15 is 0 Å². The second-order valence-electron chi connectivity index (χ2n) is 6.18. The van der Waals surface area contributed by atoms with Crippen molar-refractivity contribution in [2.75, 3.05) is 44.7 Å². The Bertz CT molecular complexity index is 716. The number of ether oxygens (including phenoxy) is 1. The molecule has 140 valence electrons. The van der Waals surface area contributed by atoms with Crippen LogP contribution in [0, 0.1) is 5.82 Å². The lowest BCUT2D eigenvalue weighted by Gasteiger charge is -2.36. The summed E-state index contributed by atoms with van der Waals surface area (Å²) in [7, 11) is 1.61. The zero-order chi connectivity index (χ0) is 17.6. The number of rotatable bonds is 6. The monoisotopic (exact) mass is 377 g/mol. The molecule has 4 nitrogen and oxygen atoms in total. The van der Waals surface area contributed by atoms with Gasteiger partial charge in [-0.3, -0.25) is 9.69 Å². The molecule has 0 radical (unpaired) electrons. The van der Waals surface area contributed by atoms with Crippen LogP contribution in [0.5, 0.6) is 5.75 Å². The highest BCUT2D eigenvalue weighted by atomic mass is 35.5. The van der Waals surface area contributed by atoms with Crippen molar-refractivity contribution in [3.05, 3.63) is 59.9 Å². The van der Waals surface area contributed by atoms with Gasteiger partial charge in [0.1, 0.15) is 11.6 Å². The van der Waals surface area contributed by atoms with Crippen molar-refractivity contribution in [2.24, 2.45) is 0 Å². The minimum Gasteiger partial charge on any atom is -1.00 e. The third-order valence-electron chi connectivity index (χ3n) is 4.63. The van der Waals surface area contributed by atoms with Gasteiger partial charge in [0.05, 0.1) is 12.8 Å². The van der Waals surface area contributed by atoms with Crippen molar-refractivity contribution in [3.8, 4) is 5.75 Å². The molecule has 1 saturated heterocycles. The maximum atomic E-state index is 13.9. The van der Waals surface area contributed by atoms with Gasteiger partial charge in [-0.2, -0.15) is 0 Å². The smallest absolute Gasteiger partial charge is 0.164 e. The van der Waals surface area contributed by atoms with Crippen LogP contribution in [0.3, 0.4) is 0 Å². The molecule has 0 aliphatic carbocycles. The molecule has 2 aromatic rings. The number of carbonyl (C=O) groups excluding carboxylic acids is 1. The number of Topliss-reactive ketones (excluding diaryl/α,β-unsaturated/α-hetero) is 1. The number of benzene rings is 2. The molecular weight excluding hydrogens is 355 g/mol. The normalized spacial score (nSPS) is 14.6. The van der Waals surface area contributed by atoms with Gasteiger partial charge in [0.2, 0.25) is 0 Å². The Hall–Kier alpha value is -2.11. The molecule has 0 amide bonds. The fourth-order valence-corrected chi connectivity index (χ4v) is 3.10. The summed E-state index contributed by atoms with van der Waals surface area (Å²) >= 11 is 0. The highest BCUT2D eigenvalue weighted by Gasteiger charge is 2.19. The number of carbonyl (C=O) groups is 1. The highest BCUT2D eigenvalue weighted by molar-refractivity contribution is 5.96. The van der Waals surface area contributed by atoms with Crippen molar-refractivity contribution in [1.82, 2.24) is 4.90 Å². The van der Waals surface area contributed by atoms with E-state index in [9.17, 15) is 9.18 Å². The van der Waals surface area contributed by atoms with E-state index in [1.54, 1.807) is 37.4 Å². The summed E-state index contributed by atoms with van der Waals surface area (Å²) in [4.78, 5) is 16.6. The maximum Gasteiger partial charge on any atom is 0.164 e. The SMILES string of the molecule is COc1ccc(C(=O)CCN2CCN(c3ccccc3F)CC2)cc1.[Cl-]. The zero-order valence-electron chi connectivity index (χ0n) is 14.8. The van der Waals surface area contributed by atoms with Gasteiger partial charge >= 0.3 is 0 Å². The van der Waals surface area contributed by atoms with E-state index in [4.69, 9.17) is 4.74 Å². The number of hydrogen-bond acceptors (Lipinski definition) is 4. The number of piperazine rings is 1. The third kappa shape index (κ3) is 4.96. The Kier molecular flexibility index (Phi) is 7.42. The predicted octanol–water partition coefficient (Wildman–Crippen LogP) is 0.233. The lowest BCUT2D eigenvalue weighted by molar-refractivity contribution is -0.0000140. The van der Waals surface area contributed by atoms with E-state index in [0.29, 0.717) is 17.7 Å². The van der Waals surface area contributed by atoms with Gasteiger partial charge in [0, 0.05) is 44.7 Å². The first-order chi connectivity index (χ1) is 12.2. The Morgan fingerprint density at radius 3 is 2.31 bits per heavy atom. The molecule has 3 rings (SSSR count). The molecular formula is C20H23ClFN2O2-. The minimum absolute atomic E-state index is 0. The van der Waals surface area contributed by atoms with Gasteiger partial charge in [-0.25, -0.2) is 4.39 Å². The molecule has 6 heteroatoms. The van der Waals surface area contributed by atoms with Gasteiger partial charge in [0.25, 0.3) is 0 Å². The second kappa shape index (κ2) is 9.55. The molecule has 0 atom stereocenters. The van der Waals surface area contributed by atoms with Crippen LogP contribution in [0.1, 0.15) is 16.8 Å². The number of ketones is 1. The average Bonchev–Trinajstić information content (AvgIpc) is 2.67. The third-order valence-corrected chi connectivity index (χ3v) is 4.63. The zero-order valence-corrected chi connectivity index (χ0v) is 15.6. The van der Waals surface area contributed by atoms with Gasteiger partial charge < -0.3 is 22.0 Å². The van der Waals surface area contributed by atoms with Crippen molar-refractivity contribution < 1.29 is 26.3 Å². The molecule has 1 fully saturated rings. The second-order valence-corrected chi connectivity index (χ2v) is 6.18. The first-order valence-electron chi connectivity index (χ1n) is 8.56. The van der Waals surface area contributed by atoms with Gasteiger partial charge in [-0.15, -0.1) is 0 Å². The van der Waals surface area contributed by atoms with Crippen molar-refractivity contribution in [1.29, 1.82) is 0 Å².